The fourth-order valence-electron chi connectivity index (χ4n) is 3.34. The highest BCUT2D eigenvalue weighted by Gasteiger charge is 2.32. The maximum absolute atomic E-state index is 12.6. The molecule has 0 aromatic rings. The second-order valence-corrected chi connectivity index (χ2v) is 6.36. The molecule has 1 aliphatic carbocycles. The van der Waals surface area contributed by atoms with Crippen LogP contribution >= 0.6 is 0 Å². The highest BCUT2D eigenvalue weighted by molar-refractivity contribution is 5.79. The van der Waals surface area contributed by atoms with E-state index in [1.807, 2.05) is 0 Å². The average molecular weight is 267 g/mol. The van der Waals surface area contributed by atoms with Crippen molar-refractivity contribution in [3.8, 4) is 0 Å². The van der Waals surface area contributed by atoms with Crippen LogP contribution in [0.2, 0.25) is 0 Å². The minimum Gasteiger partial charge on any atom is -0.340 e. The molecule has 0 spiro atoms. The molecule has 1 saturated heterocycles. The summed E-state index contributed by atoms with van der Waals surface area (Å²) in [6.45, 7) is 8.20. The number of rotatable bonds is 2. The van der Waals surface area contributed by atoms with Crippen LogP contribution in [-0.2, 0) is 4.79 Å². The SMILES string of the molecule is CC(C)N1CCN(C(=O)C2CCCCCC2N)CC1. The molecule has 4 nitrogen and oxygen atoms in total. The maximum Gasteiger partial charge on any atom is 0.227 e. The van der Waals surface area contributed by atoms with E-state index in [0.717, 1.165) is 45.4 Å². The second-order valence-electron chi connectivity index (χ2n) is 6.36. The summed E-state index contributed by atoms with van der Waals surface area (Å²) in [4.78, 5) is 17.1. The smallest absolute Gasteiger partial charge is 0.227 e. The minimum atomic E-state index is 0.0769. The number of hydrogen-bond donors (Lipinski definition) is 1. The molecule has 2 atom stereocenters. The zero-order valence-electron chi connectivity index (χ0n) is 12.5. The summed E-state index contributed by atoms with van der Waals surface area (Å²) < 4.78 is 0. The summed E-state index contributed by atoms with van der Waals surface area (Å²) >= 11 is 0. The van der Waals surface area contributed by atoms with Gasteiger partial charge in [0.05, 0.1) is 5.92 Å². The first-order chi connectivity index (χ1) is 9.09. The first-order valence-corrected chi connectivity index (χ1v) is 7.88. The van der Waals surface area contributed by atoms with Crippen LogP contribution in [0.25, 0.3) is 0 Å². The summed E-state index contributed by atoms with van der Waals surface area (Å²) in [5.41, 5.74) is 6.20. The number of carbonyl (C=O) groups is 1. The predicted octanol–water partition coefficient (Wildman–Crippen LogP) is 1.45. The van der Waals surface area contributed by atoms with Gasteiger partial charge in [-0.2, -0.15) is 0 Å². The Bertz CT molecular complexity index is 298. The van der Waals surface area contributed by atoms with Crippen molar-refractivity contribution in [1.82, 2.24) is 9.80 Å². The zero-order chi connectivity index (χ0) is 13.8. The molecule has 1 saturated carbocycles. The van der Waals surface area contributed by atoms with Gasteiger partial charge in [0.15, 0.2) is 0 Å². The third-order valence-corrected chi connectivity index (χ3v) is 4.74. The fourth-order valence-corrected chi connectivity index (χ4v) is 3.34. The monoisotopic (exact) mass is 267 g/mol. The van der Waals surface area contributed by atoms with E-state index in [4.69, 9.17) is 5.73 Å². The van der Waals surface area contributed by atoms with E-state index in [0.29, 0.717) is 11.9 Å². The van der Waals surface area contributed by atoms with Crippen LogP contribution in [0, 0.1) is 5.92 Å². The third-order valence-electron chi connectivity index (χ3n) is 4.74. The molecule has 0 aromatic heterocycles. The highest BCUT2D eigenvalue weighted by atomic mass is 16.2. The van der Waals surface area contributed by atoms with Crippen molar-refractivity contribution >= 4 is 5.91 Å². The highest BCUT2D eigenvalue weighted by Crippen LogP contribution is 2.24. The molecule has 2 aliphatic rings. The molecule has 2 N–H and O–H groups in total. The van der Waals surface area contributed by atoms with E-state index >= 15 is 0 Å². The predicted molar refractivity (Wildman–Crippen MR) is 77.8 cm³/mol. The van der Waals surface area contributed by atoms with Crippen LogP contribution in [0.4, 0.5) is 0 Å². The molecule has 19 heavy (non-hydrogen) atoms. The van der Waals surface area contributed by atoms with Crippen LogP contribution in [0.15, 0.2) is 0 Å². The van der Waals surface area contributed by atoms with E-state index in [9.17, 15) is 4.79 Å². The Morgan fingerprint density at radius 1 is 1.05 bits per heavy atom. The number of nitrogens with two attached hydrogens (primary N) is 1. The lowest BCUT2D eigenvalue weighted by Crippen LogP contribution is -2.53. The van der Waals surface area contributed by atoms with Crippen molar-refractivity contribution in [2.75, 3.05) is 26.2 Å². The molecule has 2 fully saturated rings. The van der Waals surface area contributed by atoms with E-state index in [-0.39, 0.29) is 12.0 Å². The van der Waals surface area contributed by atoms with Crippen molar-refractivity contribution in [1.29, 1.82) is 0 Å². The minimum absolute atomic E-state index is 0.0769. The Balaban J connectivity index is 1.89. The largest absolute Gasteiger partial charge is 0.340 e. The summed E-state index contributed by atoms with van der Waals surface area (Å²) in [7, 11) is 0. The van der Waals surface area contributed by atoms with E-state index in [1.165, 1.54) is 12.8 Å². The molecular weight excluding hydrogens is 238 g/mol. The Morgan fingerprint density at radius 2 is 1.68 bits per heavy atom. The van der Waals surface area contributed by atoms with Crippen LogP contribution in [0.1, 0.15) is 46.0 Å². The quantitative estimate of drug-likeness (QED) is 0.770. The third kappa shape index (κ3) is 3.69. The molecule has 0 bridgehead atoms. The summed E-state index contributed by atoms with van der Waals surface area (Å²) in [5, 5.41) is 0. The van der Waals surface area contributed by atoms with Crippen LogP contribution in [0.5, 0.6) is 0 Å². The Labute approximate surface area is 117 Å². The second kappa shape index (κ2) is 6.71. The Hall–Kier alpha value is -0.610. The van der Waals surface area contributed by atoms with Crippen molar-refractivity contribution in [2.45, 2.75) is 58.0 Å². The van der Waals surface area contributed by atoms with E-state index < -0.39 is 0 Å². The van der Waals surface area contributed by atoms with Crippen molar-refractivity contribution in [3.63, 3.8) is 0 Å². The molecular formula is C15H29N3O. The van der Waals surface area contributed by atoms with Crippen LogP contribution in [-0.4, -0.2) is 54.0 Å². The lowest BCUT2D eigenvalue weighted by molar-refractivity contribution is -0.138. The molecule has 1 aliphatic heterocycles. The van der Waals surface area contributed by atoms with E-state index in [2.05, 4.69) is 23.6 Å². The molecule has 4 heteroatoms. The van der Waals surface area contributed by atoms with Gasteiger partial charge >= 0.3 is 0 Å². The van der Waals surface area contributed by atoms with Gasteiger partial charge in [0.2, 0.25) is 5.91 Å². The molecule has 2 rings (SSSR count). The summed E-state index contributed by atoms with van der Waals surface area (Å²) in [6, 6.07) is 0.663. The van der Waals surface area contributed by atoms with Gasteiger partial charge in [0.1, 0.15) is 0 Å². The molecule has 110 valence electrons. The maximum atomic E-state index is 12.6. The molecule has 1 amide bonds. The fraction of sp³-hybridized carbons (Fsp3) is 0.933. The lowest BCUT2D eigenvalue weighted by Gasteiger charge is -2.39. The standard InChI is InChI=1S/C15H29N3O/c1-12(2)17-8-10-18(11-9-17)15(19)13-6-4-3-5-7-14(13)16/h12-14H,3-11,16H2,1-2H3. The average Bonchev–Trinajstić information content (AvgIpc) is 2.63. The van der Waals surface area contributed by atoms with Gasteiger partial charge in [-0.1, -0.05) is 19.3 Å². The summed E-state index contributed by atoms with van der Waals surface area (Å²) in [6.07, 6.45) is 5.59. The molecule has 0 radical (unpaired) electrons. The first kappa shape index (κ1) is 14.8. The van der Waals surface area contributed by atoms with Gasteiger partial charge < -0.3 is 10.6 Å². The van der Waals surface area contributed by atoms with Gasteiger partial charge in [-0.25, -0.2) is 0 Å². The topological polar surface area (TPSA) is 49.6 Å². The van der Waals surface area contributed by atoms with Gasteiger partial charge in [0.25, 0.3) is 0 Å². The zero-order valence-corrected chi connectivity index (χ0v) is 12.5. The normalized spacial score (nSPS) is 30.4. The number of hydrogen-bond acceptors (Lipinski definition) is 3. The van der Waals surface area contributed by atoms with Gasteiger partial charge in [-0.3, -0.25) is 9.69 Å². The van der Waals surface area contributed by atoms with Crippen molar-refractivity contribution in [2.24, 2.45) is 11.7 Å². The van der Waals surface area contributed by atoms with Crippen LogP contribution in [0.3, 0.4) is 0 Å². The molecule has 1 heterocycles. The van der Waals surface area contributed by atoms with Crippen molar-refractivity contribution < 1.29 is 4.79 Å². The lowest BCUT2D eigenvalue weighted by atomic mass is 9.93. The van der Waals surface area contributed by atoms with Crippen LogP contribution < -0.4 is 5.73 Å². The Morgan fingerprint density at radius 3 is 2.32 bits per heavy atom. The first-order valence-electron chi connectivity index (χ1n) is 7.88. The molecule has 2 unspecified atom stereocenters. The van der Waals surface area contributed by atoms with Crippen molar-refractivity contribution in [3.05, 3.63) is 0 Å². The Kier molecular flexibility index (Phi) is 5.22. The van der Waals surface area contributed by atoms with Gasteiger partial charge in [0, 0.05) is 38.3 Å². The number of carbonyl (C=O) groups excluding carboxylic acids is 1. The van der Waals surface area contributed by atoms with Gasteiger partial charge in [-0.15, -0.1) is 0 Å². The van der Waals surface area contributed by atoms with E-state index in [1.54, 1.807) is 0 Å². The number of amides is 1. The van der Waals surface area contributed by atoms with Gasteiger partial charge in [-0.05, 0) is 26.7 Å². The number of nitrogens with zero attached hydrogens (tertiary/aromatic N) is 2. The number of piperazine rings is 1. The molecule has 0 aromatic carbocycles. The summed E-state index contributed by atoms with van der Waals surface area (Å²) in [5.74, 6) is 0.394.